The van der Waals surface area contributed by atoms with Crippen molar-refractivity contribution >= 4 is 22.9 Å². The van der Waals surface area contributed by atoms with Crippen molar-refractivity contribution in [1.29, 1.82) is 0 Å². The molecule has 0 atom stereocenters. The van der Waals surface area contributed by atoms with Gasteiger partial charge < -0.3 is 5.32 Å². The topological polar surface area (TPSA) is 37.3 Å². The molecule has 0 spiro atoms. The molecule has 0 amide bonds. The molecule has 2 heterocycles. The summed E-state index contributed by atoms with van der Waals surface area (Å²) < 4.78 is 0. The minimum Gasteiger partial charge on any atom is -0.369 e. The Hall–Kier alpha value is -1.55. The molecule has 0 aliphatic carbocycles. The van der Waals surface area contributed by atoms with Crippen molar-refractivity contribution in [3.05, 3.63) is 42.4 Å². The summed E-state index contributed by atoms with van der Waals surface area (Å²) in [5, 5.41) is 3.17. The van der Waals surface area contributed by atoms with Crippen LogP contribution in [0.1, 0.15) is 18.5 Å². The molecule has 0 aromatic carbocycles. The number of nitrogens with zero attached hydrogens (tertiary/aromatic N) is 2. The molecule has 1 aromatic heterocycles. The molecular weight excluding hydrogens is 218 g/mol. The Morgan fingerprint density at radius 3 is 3.06 bits per heavy atom. The van der Waals surface area contributed by atoms with E-state index < -0.39 is 0 Å². The highest BCUT2D eigenvalue weighted by molar-refractivity contribution is 7.80. The number of aromatic nitrogens is 1. The average molecular weight is 231 g/mol. The van der Waals surface area contributed by atoms with Crippen LogP contribution in [0, 0.1) is 0 Å². The Morgan fingerprint density at radius 1 is 1.44 bits per heavy atom. The van der Waals surface area contributed by atoms with Gasteiger partial charge in [0, 0.05) is 18.1 Å². The zero-order valence-corrected chi connectivity index (χ0v) is 9.70. The molecule has 4 heteroatoms. The second-order valence-electron chi connectivity index (χ2n) is 3.52. The van der Waals surface area contributed by atoms with Gasteiger partial charge in [-0.1, -0.05) is 24.4 Å². The Labute approximate surface area is 100 Å². The zero-order chi connectivity index (χ0) is 11.2. The molecule has 3 nitrogen and oxygen atoms in total. The third-order valence-electron chi connectivity index (χ3n) is 2.31. The van der Waals surface area contributed by atoms with Gasteiger partial charge >= 0.3 is 0 Å². The van der Waals surface area contributed by atoms with Crippen molar-refractivity contribution in [2.75, 3.05) is 6.54 Å². The van der Waals surface area contributed by atoms with Crippen molar-refractivity contribution in [1.82, 2.24) is 10.3 Å². The van der Waals surface area contributed by atoms with Crippen LogP contribution in [0.5, 0.6) is 0 Å². The first-order chi connectivity index (χ1) is 7.86. The summed E-state index contributed by atoms with van der Waals surface area (Å²) >= 11 is 5.24. The van der Waals surface area contributed by atoms with E-state index in [1.807, 2.05) is 24.4 Å². The predicted molar refractivity (Wildman–Crippen MR) is 69.7 cm³/mol. The SMILES string of the molecule is S=C(NCC1=NC=CCC1)c1ccccn1. The lowest BCUT2D eigenvalue weighted by Gasteiger charge is -2.10. The molecule has 0 radical (unpaired) electrons. The Morgan fingerprint density at radius 2 is 2.38 bits per heavy atom. The summed E-state index contributed by atoms with van der Waals surface area (Å²) in [7, 11) is 0. The number of thiocarbonyl (C=S) groups is 1. The van der Waals surface area contributed by atoms with Crippen LogP contribution < -0.4 is 5.32 Å². The molecule has 82 valence electrons. The van der Waals surface area contributed by atoms with Crippen LogP contribution in [0.15, 0.2) is 41.7 Å². The van der Waals surface area contributed by atoms with Gasteiger partial charge in [0.05, 0.1) is 12.2 Å². The molecule has 0 bridgehead atoms. The van der Waals surface area contributed by atoms with Crippen LogP contribution in [0.4, 0.5) is 0 Å². The Balaban J connectivity index is 1.89. The molecule has 0 unspecified atom stereocenters. The molecule has 0 fully saturated rings. The van der Waals surface area contributed by atoms with Crippen LogP contribution in [0.25, 0.3) is 0 Å². The number of allylic oxidation sites excluding steroid dienone is 1. The van der Waals surface area contributed by atoms with Gasteiger partial charge in [0.1, 0.15) is 4.99 Å². The van der Waals surface area contributed by atoms with Crippen molar-refractivity contribution in [3.8, 4) is 0 Å². The van der Waals surface area contributed by atoms with Gasteiger partial charge in [-0.05, 0) is 25.0 Å². The number of aliphatic imine (C=N–C) groups is 1. The number of hydrogen-bond acceptors (Lipinski definition) is 3. The molecular formula is C12H13N3S. The average Bonchev–Trinajstić information content (AvgIpc) is 2.38. The van der Waals surface area contributed by atoms with Crippen molar-refractivity contribution in [2.24, 2.45) is 4.99 Å². The van der Waals surface area contributed by atoms with E-state index in [9.17, 15) is 0 Å². The summed E-state index contributed by atoms with van der Waals surface area (Å²) in [6.07, 6.45) is 7.74. The number of hydrogen-bond donors (Lipinski definition) is 1. The van der Waals surface area contributed by atoms with E-state index in [-0.39, 0.29) is 0 Å². The van der Waals surface area contributed by atoms with Crippen LogP contribution >= 0.6 is 12.2 Å². The van der Waals surface area contributed by atoms with Crippen molar-refractivity contribution < 1.29 is 0 Å². The minimum atomic E-state index is 0.679. The number of nitrogens with one attached hydrogen (secondary N) is 1. The molecule has 1 N–H and O–H groups in total. The van der Waals surface area contributed by atoms with E-state index in [1.165, 1.54) is 0 Å². The van der Waals surface area contributed by atoms with Gasteiger partial charge in [-0.15, -0.1) is 0 Å². The van der Waals surface area contributed by atoms with E-state index in [0.29, 0.717) is 11.5 Å². The number of pyridine rings is 1. The molecule has 1 aromatic rings. The molecule has 0 saturated heterocycles. The fourth-order valence-electron chi connectivity index (χ4n) is 1.45. The largest absolute Gasteiger partial charge is 0.369 e. The van der Waals surface area contributed by atoms with Crippen LogP contribution in [-0.2, 0) is 0 Å². The second-order valence-corrected chi connectivity index (χ2v) is 3.92. The maximum Gasteiger partial charge on any atom is 0.125 e. The van der Waals surface area contributed by atoms with Crippen LogP contribution in [0.3, 0.4) is 0 Å². The third-order valence-corrected chi connectivity index (χ3v) is 2.67. The zero-order valence-electron chi connectivity index (χ0n) is 8.89. The highest BCUT2D eigenvalue weighted by Gasteiger charge is 2.04. The highest BCUT2D eigenvalue weighted by atomic mass is 32.1. The monoisotopic (exact) mass is 231 g/mol. The standard InChI is InChI=1S/C12H13N3S/c16-12(11-6-2-4-8-14-11)15-9-10-5-1-3-7-13-10/h2-4,6-8H,1,5,9H2,(H,15,16). The first-order valence-corrected chi connectivity index (χ1v) is 5.67. The Kier molecular flexibility index (Phi) is 3.77. The maximum absolute atomic E-state index is 5.24. The van der Waals surface area contributed by atoms with Crippen LogP contribution in [0.2, 0.25) is 0 Å². The van der Waals surface area contributed by atoms with Gasteiger partial charge in [0.25, 0.3) is 0 Å². The Bertz CT molecular complexity index is 423. The van der Waals surface area contributed by atoms with Gasteiger partial charge in [-0.3, -0.25) is 9.98 Å². The second kappa shape index (κ2) is 5.51. The summed E-state index contributed by atoms with van der Waals surface area (Å²) in [6.45, 7) is 0.708. The van der Waals surface area contributed by atoms with Crippen molar-refractivity contribution in [3.63, 3.8) is 0 Å². The number of rotatable bonds is 3. The predicted octanol–water partition coefficient (Wildman–Crippen LogP) is 2.10. The molecule has 16 heavy (non-hydrogen) atoms. The van der Waals surface area contributed by atoms with Crippen LogP contribution in [-0.4, -0.2) is 22.2 Å². The van der Waals surface area contributed by atoms with E-state index >= 15 is 0 Å². The lowest BCUT2D eigenvalue weighted by atomic mass is 10.1. The highest BCUT2D eigenvalue weighted by Crippen LogP contribution is 2.02. The van der Waals surface area contributed by atoms with Gasteiger partial charge in [0.15, 0.2) is 0 Å². The normalized spacial score (nSPS) is 14.4. The first kappa shape index (κ1) is 11.0. The molecule has 2 rings (SSSR count). The minimum absolute atomic E-state index is 0.679. The smallest absolute Gasteiger partial charge is 0.125 e. The first-order valence-electron chi connectivity index (χ1n) is 5.26. The molecule has 1 aliphatic heterocycles. The van der Waals surface area contributed by atoms with Gasteiger partial charge in [0.2, 0.25) is 0 Å². The fraction of sp³-hybridized carbons (Fsp3) is 0.250. The summed E-state index contributed by atoms with van der Waals surface area (Å²) in [5.74, 6) is 0. The summed E-state index contributed by atoms with van der Waals surface area (Å²) in [4.78, 5) is 9.15. The van der Waals surface area contributed by atoms with Gasteiger partial charge in [-0.2, -0.15) is 0 Å². The van der Waals surface area contributed by atoms with Crippen molar-refractivity contribution in [2.45, 2.75) is 12.8 Å². The lowest BCUT2D eigenvalue weighted by Crippen LogP contribution is -2.29. The summed E-state index contributed by atoms with van der Waals surface area (Å²) in [5.41, 5.74) is 1.95. The maximum atomic E-state index is 5.24. The van der Waals surface area contributed by atoms with E-state index in [0.717, 1.165) is 24.2 Å². The van der Waals surface area contributed by atoms with E-state index in [1.54, 1.807) is 6.20 Å². The fourth-order valence-corrected chi connectivity index (χ4v) is 1.64. The summed E-state index contributed by atoms with van der Waals surface area (Å²) in [6, 6.07) is 5.71. The third kappa shape index (κ3) is 2.97. The van der Waals surface area contributed by atoms with Gasteiger partial charge in [-0.25, -0.2) is 0 Å². The van der Waals surface area contributed by atoms with E-state index in [4.69, 9.17) is 12.2 Å². The lowest BCUT2D eigenvalue weighted by molar-refractivity contribution is 0.983. The quantitative estimate of drug-likeness (QED) is 0.809. The molecule has 0 saturated carbocycles. The van der Waals surface area contributed by atoms with E-state index in [2.05, 4.69) is 21.4 Å². The molecule has 1 aliphatic rings.